The number of rotatable bonds is 6. The fourth-order valence-corrected chi connectivity index (χ4v) is 12.1. The number of anilines is 2. The lowest BCUT2D eigenvalue weighted by Gasteiger charge is -2.57. The average Bonchev–Trinajstić information content (AvgIpc) is 3.38. The van der Waals surface area contributed by atoms with Gasteiger partial charge in [0.1, 0.15) is 0 Å². The Labute approximate surface area is 299 Å². The van der Waals surface area contributed by atoms with Crippen LogP contribution in [0.4, 0.5) is 11.4 Å². The third kappa shape index (κ3) is 5.02. The number of hydrogen-bond donors (Lipinski definition) is 0. The standard InChI is InChI=1S/C49H51N/c1-48(2)46-11-7-6-10-44(46)45-25-24-43(29-47(45)48)50(41-20-14-38(15-21-41)36-8-4-3-5-9-36)42-22-16-39(17-23-42)37-12-18-40(19-13-37)49-30-33-26-34(31-49)28-35(27-33)32-49/h3-13,16-19,22-25,29,33-35,38,41H,14-15,20-21,26-28,30-32H2,1-2H3. The molecule has 252 valence electrons. The smallest absolute Gasteiger partial charge is 0.0416 e. The Morgan fingerprint density at radius 1 is 0.520 bits per heavy atom. The second kappa shape index (κ2) is 11.7. The first-order valence-electron chi connectivity index (χ1n) is 19.7. The van der Waals surface area contributed by atoms with Gasteiger partial charge in [0, 0.05) is 22.8 Å². The number of nitrogens with zero attached hydrogens (tertiary/aromatic N) is 1. The van der Waals surface area contributed by atoms with E-state index in [2.05, 4.69) is 140 Å². The third-order valence-electron chi connectivity index (χ3n) is 14.2. The molecule has 0 radical (unpaired) electrons. The zero-order valence-corrected chi connectivity index (χ0v) is 30.0. The largest absolute Gasteiger partial charge is 0.338 e. The minimum absolute atomic E-state index is 0.00916. The van der Waals surface area contributed by atoms with Gasteiger partial charge in [-0.05, 0) is 162 Å². The summed E-state index contributed by atoms with van der Waals surface area (Å²) in [7, 11) is 0. The molecule has 6 aliphatic rings. The van der Waals surface area contributed by atoms with Gasteiger partial charge < -0.3 is 4.90 Å². The summed E-state index contributed by atoms with van der Waals surface area (Å²) in [5.41, 5.74) is 14.6. The summed E-state index contributed by atoms with van der Waals surface area (Å²) in [5.74, 6) is 3.61. The van der Waals surface area contributed by atoms with Crippen molar-refractivity contribution in [3.8, 4) is 22.3 Å². The molecule has 0 saturated heterocycles. The fourth-order valence-electron chi connectivity index (χ4n) is 12.1. The highest BCUT2D eigenvalue weighted by Gasteiger charge is 2.51. The fraction of sp³-hybridized carbons (Fsp3) is 0.388. The predicted molar refractivity (Wildman–Crippen MR) is 209 cm³/mol. The van der Waals surface area contributed by atoms with Crippen molar-refractivity contribution in [3.63, 3.8) is 0 Å². The first kappa shape index (κ1) is 30.7. The maximum absolute atomic E-state index is 2.69. The van der Waals surface area contributed by atoms with Gasteiger partial charge in [-0.2, -0.15) is 0 Å². The van der Waals surface area contributed by atoms with Gasteiger partial charge in [-0.1, -0.05) is 111 Å². The first-order chi connectivity index (χ1) is 24.4. The molecule has 5 fully saturated rings. The first-order valence-corrected chi connectivity index (χ1v) is 19.7. The van der Waals surface area contributed by atoms with E-state index in [0.717, 1.165) is 17.8 Å². The van der Waals surface area contributed by atoms with Crippen molar-refractivity contribution in [1.82, 2.24) is 0 Å². The Morgan fingerprint density at radius 2 is 1.08 bits per heavy atom. The van der Waals surface area contributed by atoms with Crippen LogP contribution in [0.25, 0.3) is 22.3 Å². The summed E-state index contributed by atoms with van der Waals surface area (Å²) in [5, 5.41) is 0. The van der Waals surface area contributed by atoms with Crippen LogP contribution in [0.5, 0.6) is 0 Å². The molecule has 5 aromatic carbocycles. The zero-order valence-electron chi connectivity index (χ0n) is 30.0. The summed E-state index contributed by atoms with van der Waals surface area (Å²) in [4.78, 5) is 2.69. The van der Waals surface area contributed by atoms with Gasteiger partial charge in [0.25, 0.3) is 0 Å². The molecule has 5 aromatic rings. The predicted octanol–water partition coefficient (Wildman–Crippen LogP) is 13.0. The van der Waals surface area contributed by atoms with Gasteiger partial charge in [0.05, 0.1) is 0 Å². The lowest BCUT2D eigenvalue weighted by atomic mass is 9.48. The second-order valence-corrected chi connectivity index (χ2v) is 17.5. The van der Waals surface area contributed by atoms with Gasteiger partial charge in [0.15, 0.2) is 0 Å². The van der Waals surface area contributed by atoms with E-state index < -0.39 is 0 Å². The molecule has 6 aliphatic carbocycles. The van der Waals surface area contributed by atoms with Crippen molar-refractivity contribution in [2.45, 2.75) is 101 Å². The normalized spacial score (nSPS) is 28.6. The van der Waals surface area contributed by atoms with Gasteiger partial charge in [-0.3, -0.25) is 0 Å². The highest BCUT2D eigenvalue weighted by atomic mass is 15.2. The Balaban J connectivity index is 0.958. The van der Waals surface area contributed by atoms with Crippen LogP contribution in [-0.2, 0) is 10.8 Å². The quantitative estimate of drug-likeness (QED) is 0.176. The molecule has 0 aliphatic heterocycles. The minimum atomic E-state index is -0.00916. The molecular weight excluding hydrogens is 603 g/mol. The number of benzene rings is 5. The molecule has 0 atom stereocenters. The molecule has 0 unspecified atom stereocenters. The highest BCUT2D eigenvalue weighted by Crippen LogP contribution is 2.61. The maximum Gasteiger partial charge on any atom is 0.0416 e. The SMILES string of the molecule is CC1(C)c2ccccc2-c2ccc(N(c3ccc(-c4ccc(C56CC7CC(CC(C7)C5)C6)cc4)cc3)C3CCC(c4ccccc4)CC3)cc21. The van der Waals surface area contributed by atoms with E-state index in [4.69, 9.17) is 0 Å². The van der Waals surface area contributed by atoms with Gasteiger partial charge in [0.2, 0.25) is 0 Å². The molecule has 0 spiro atoms. The van der Waals surface area contributed by atoms with Crippen LogP contribution >= 0.6 is 0 Å². The molecular formula is C49H51N. The van der Waals surface area contributed by atoms with E-state index in [-0.39, 0.29) is 5.41 Å². The molecule has 0 N–H and O–H groups in total. The Morgan fingerprint density at radius 3 is 1.74 bits per heavy atom. The molecule has 0 aromatic heterocycles. The van der Waals surface area contributed by atoms with Crippen LogP contribution in [0.1, 0.15) is 106 Å². The maximum atomic E-state index is 2.69. The van der Waals surface area contributed by atoms with Crippen LogP contribution in [0.2, 0.25) is 0 Å². The van der Waals surface area contributed by atoms with Gasteiger partial charge in [-0.15, -0.1) is 0 Å². The minimum Gasteiger partial charge on any atom is -0.338 e. The van der Waals surface area contributed by atoms with E-state index in [1.54, 1.807) is 5.56 Å². The van der Waals surface area contributed by atoms with Gasteiger partial charge in [-0.25, -0.2) is 0 Å². The van der Waals surface area contributed by atoms with Crippen LogP contribution in [-0.4, -0.2) is 6.04 Å². The summed E-state index contributed by atoms with van der Waals surface area (Å²) in [6.45, 7) is 4.81. The molecule has 1 heteroatoms. The third-order valence-corrected chi connectivity index (χ3v) is 14.2. The highest BCUT2D eigenvalue weighted by molar-refractivity contribution is 5.83. The molecule has 4 bridgehead atoms. The summed E-state index contributed by atoms with van der Waals surface area (Å²) >= 11 is 0. The summed E-state index contributed by atoms with van der Waals surface area (Å²) in [6.07, 6.45) is 13.7. The van der Waals surface area contributed by atoms with Crippen LogP contribution in [0.15, 0.2) is 121 Å². The van der Waals surface area contributed by atoms with Crippen molar-refractivity contribution in [2.24, 2.45) is 17.8 Å². The lowest BCUT2D eigenvalue weighted by Crippen LogP contribution is -2.48. The van der Waals surface area contributed by atoms with E-state index in [1.807, 2.05) is 0 Å². The van der Waals surface area contributed by atoms with Crippen LogP contribution < -0.4 is 4.90 Å². The van der Waals surface area contributed by atoms with Crippen molar-refractivity contribution < 1.29 is 0 Å². The monoisotopic (exact) mass is 653 g/mol. The molecule has 0 heterocycles. The summed E-state index contributed by atoms with van der Waals surface area (Å²) < 4.78 is 0. The molecule has 5 saturated carbocycles. The Hall–Kier alpha value is -4.10. The van der Waals surface area contributed by atoms with Crippen LogP contribution in [0.3, 0.4) is 0 Å². The van der Waals surface area contributed by atoms with E-state index in [1.165, 1.54) is 115 Å². The Kier molecular flexibility index (Phi) is 7.20. The van der Waals surface area contributed by atoms with Crippen molar-refractivity contribution >= 4 is 11.4 Å². The van der Waals surface area contributed by atoms with Crippen molar-refractivity contribution in [1.29, 1.82) is 0 Å². The summed E-state index contributed by atoms with van der Waals surface area (Å²) in [6, 6.07) is 47.4. The topological polar surface area (TPSA) is 3.24 Å². The van der Waals surface area contributed by atoms with Crippen LogP contribution in [0, 0.1) is 17.8 Å². The number of fused-ring (bicyclic) bond motifs is 3. The van der Waals surface area contributed by atoms with Crippen molar-refractivity contribution in [2.75, 3.05) is 4.90 Å². The average molecular weight is 654 g/mol. The Bertz CT molecular complexity index is 1970. The van der Waals surface area contributed by atoms with Crippen molar-refractivity contribution in [3.05, 3.63) is 144 Å². The second-order valence-electron chi connectivity index (χ2n) is 17.5. The molecule has 0 amide bonds. The molecule has 50 heavy (non-hydrogen) atoms. The van der Waals surface area contributed by atoms with E-state index in [0.29, 0.717) is 17.4 Å². The molecule has 11 rings (SSSR count). The van der Waals surface area contributed by atoms with E-state index >= 15 is 0 Å². The van der Waals surface area contributed by atoms with E-state index in [9.17, 15) is 0 Å². The van der Waals surface area contributed by atoms with Gasteiger partial charge >= 0.3 is 0 Å². The zero-order chi connectivity index (χ0) is 33.5. The lowest BCUT2D eigenvalue weighted by molar-refractivity contribution is -0.00518. The number of hydrogen-bond acceptors (Lipinski definition) is 1. The molecule has 1 nitrogen and oxygen atoms in total.